The summed E-state index contributed by atoms with van der Waals surface area (Å²) in [5, 5.41) is 8.25. The molecule has 0 radical (unpaired) electrons. The molecule has 108 valence electrons. The van der Waals surface area contributed by atoms with Crippen LogP contribution in [0.2, 0.25) is 0 Å². The van der Waals surface area contributed by atoms with Gasteiger partial charge in [0, 0.05) is 20.0 Å². The monoisotopic (exact) mass is 296 g/mol. The topological polar surface area (TPSA) is 96.8 Å². The van der Waals surface area contributed by atoms with Crippen molar-refractivity contribution in [3.05, 3.63) is 23.7 Å². The molecule has 9 heteroatoms. The number of nitrogens with one attached hydrogen (secondary N) is 1. The Kier molecular flexibility index (Phi) is 3.09. The molecule has 1 N–H and O–H groups in total. The largest absolute Gasteiger partial charge is 0.332 e. The molecular formula is C11H16N6O2S. The third-order valence-electron chi connectivity index (χ3n) is 3.42. The van der Waals surface area contributed by atoms with Crippen LogP contribution < -0.4 is 0 Å². The summed E-state index contributed by atoms with van der Waals surface area (Å²) in [4.78, 5) is 6.67. The van der Waals surface area contributed by atoms with Crippen LogP contribution in [0, 0.1) is 6.92 Å². The van der Waals surface area contributed by atoms with Gasteiger partial charge in [-0.1, -0.05) is 0 Å². The maximum atomic E-state index is 12.4. The molecule has 0 amide bonds. The molecule has 0 saturated heterocycles. The maximum Gasteiger partial charge on any atom is 0.260 e. The van der Waals surface area contributed by atoms with Crippen LogP contribution in [-0.2, 0) is 29.5 Å². The van der Waals surface area contributed by atoms with Crippen LogP contribution >= 0.6 is 0 Å². The van der Waals surface area contributed by atoms with Crippen molar-refractivity contribution < 1.29 is 8.42 Å². The van der Waals surface area contributed by atoms with Crippen molar-refractivity contribution in [1.82, 2.24) is 29.0 Å². The predicted molar refractivity (Wildman–Crippen MR) is 70.3 cm³/mol. The molecule has 1 aliphatic heterocycles. The van der Waals surface area contributed by atoms with Crippen LogP contribution in [0.1, 0.15) is 23.9 Å². The Morgan fingerprint density at radius 3 is 2.95 bits per heavy atom. The molecule has 20 heavy (non-hydrogen) atoms. The van der Waals surface area contributed by atoms with Gasteiger partial charge in [-0.25, -0.2) is 13.4 Å². The van der Waals surface area contributed by atoms with Crippen molar-refractivity contribution in [2.24, 2.45) is 0 Å². The number of hydrogen-bond acceptors (Lipinski definition) is 5. The number of rotatable bonds is 4. The Bertz CT molecular complexity index is 732. The Labute approximate surface area is 116 Å². The van der Waals surface area contributed by atoms with E-state index in [-0.39, 0.29) is 11.6 Å². The highest BCUT2D eigenvalue weighted by atomic mass is 32.2. The van der Waals surface area contributed by atoms with Crippen LogP contribution in [-0.4, -0.2) is 44.5 Å². The molecule has 0 aromatic carbocycles. The van der Waals surface area contributed by atoms with Crippen molar-refractivity contribution in [3.63, 3.8) is 0 Å². The van der Waals surface area contributed by atoms with Gasteiger partial charge in [0.2, 0.25) is 0 Å². The molecule has 2 aromatic heterocycles. The number of H-pyrrole nitrogens is 1. The number of hydrogen-bond donors (Lipinski definition) is 1. The molecule has 3 rings (SSSR count). The van der Waals surface area contributed by atoms with Crippen LogP contribution in [0.3, 0.4) is 0 Å². The van der Waals surface area contributed by atoms with Crippen molar-refractivity contribution in [2.45, 2.75) is 37.9 Å². The van der Waals surface area contributed by atoms with Crippen molar-refractivity contribution >= 4 is 10.0 Å². The molecule has 0 aliphatic carbocycles. The van der Waals surface area contributed by atoms with Crippen LogP contribution in [0.4, 0.5) is 0 Å². The first-order valence-corrected chi connectivity index (χ1v) is 7.81. The molecule has 0 unspecified atom stereocenters. The lowest BCUT2D eigenvalue weighted by Crippen LogP contribution is -2.28. The lowest BCUT2D eigenvalue weighted by atomic mass is 10.4. The van der Waals surface area contributed by atoms with E-state index >= 15 is 0 Å². The molecular weight excluding hydrogens is 280 g/mol. The van der Waals surface area contributed by atoms with Gasteiger partial charge >= 0.3 is 0 Å². The van der Waals surface area contributed by atoms with Crippen molar-refractivity contribution in [3.8, 4) is 0 Å². The first kappa shape index (κ1) is 13.3. The van der Waals surface area contributed by atoms with Gasteiger partial charge in [0.1, 0.15) is 17.5 Å². The highest BCUT2D eigenvalue weighted by Gasteiger charge is 2.26. The summed E-state index contributed by atoms with van der Waals surface area (Å²) >= 11 is 0. The smallest absolute Gasteiger partial charge is 0.260 e. The molecule has 0 bridgehead atoms. The molecule has 0 spiro atoms. The number of aromatic nitrogens is 5. The van der Waals surface area contributed by atoms with Gasteiger partial charge in [-0.15, -0.1) is 10.2 Å². The Morgan fingerprint density at radius 2 is 2.25 bits per heavy atom. The van der Waals surface area contributed by atoms with E-state index in [0.29, 0.717) is 11.6 Å². The van der Waals surface area contributed by atoms with Gasteiger partial charge in [0.25, 0.3) is 10.0 Å². The fourth-order valence-corrected chi connectivity index (χ4v) is 3.39. The third kappa shape index (κ3) is 2.12. The number of aryl methyl sites for hydroxylation is 2. The molecule has 0 saturated carbocycles. The van der Waals surface area contributed by atoms with Gasteiger partial charge in [-0.3, -0.25) is 0 Å². The second kappa shape index (κ2) is 4.67. The SMILES string of the molecule is Cc1ncc(S(=O)(=O)N(C)Cc2nnc3n2CCC3)[nH]1. The zero-order valence-electron chi connectivity index (χ0n) is 11.4. The first-order chi connectivity index (χ1) is 9.48. The second-order valence-corrected chi connectivity index (χ2v) is 6.89. The number of fused-ring (bicyclic) bond motifs is 1. The van der Waals surface area contributed by atoms with E-state index in [4.69, 9.17) is 0 Å². The standard InChI is InChI=1S/C11H16N6O2S/c1-8-12-6-11(13-8)20(18,19)16(2)7-10-15-14-9-4-3-5-17(9)10/h6H,3-5,7H2,1-2H3,(H,12,13). The van der Waals surface area contributed by atoms with Gasteiger partial charge in [0.05, 0.1) is 12.7 Å². The van der Waals surface area contributed by atoms with Crippen molar-refractivity contribution in [1.29, 1.82) is 0 Å². The minimum absolute atomic E-state index is 0.0960. The van der Waals surface area contributed by atoms with Crippen LogP contribution in [0.5, 0.6) is 0 Å². The van der Waals surface area contributed by atoms with Crippen LogP contribution in [0.15, 0.2) is 11.2 Å². The van der Waals surface area contributed by atoms with Crippen LogP contribution in [0.25, 0.3) is 0 Å². The molecule has 1 aliphatic rings. The second-order valence-electron chi connectivity index (χ2n) is 4.88. The summed E-state index contributed by atoms with van der Waals surface area (Å²) in [5.41, 5.74) is 0. The summed E-state index contributed by atoms with van der Waals surface area (Å²) < 4.78 is 28.0. The lowest BCUT2D eigenvalue weighted by Gasteiger charge is -2.15. The minimum Gasteiger partial charge on any atom is -0.332 e. The molecule has 0 fully saturated rings. The molecule has 0 atom stereocenters. The van der Waals surface area contributed by atoms with E-state index < -0.39 is 10.0 Å². The van der Waals surface area contributed by atoms with Crippen molar-refractivity contribution in [2.75, 3.05) is 7.05 Å². The Morgan fingerprint density at radius 1 is 1.45 bits per heavy atom. The summed E-state index contributed by atoms with van der Waals surface area (Å²) in [6.07, 6.45) is 3.27. The van der Waals surface area contributed by atoms with E-state index in [0.717, 1.165) is 25.2 Å². The third-order valence-corrected chi connectivity index (χ3v) is 5.13. The lowest BCUT2D eigenvalue weighted by molar-refractivity contribution is 0.445. The normalized spacial score (nSPS) is 14.9. The van der Waals surface area contributed by atoms with Gasteiger partial charge in [-0.05, 0) is 13.3 Å². The van der Waals surface area contributed by atoms with E-state index in [1.54, 1.807) is 6.92 Å². The summed E-state index contributed by atoms with van der Waals surface area (Å²) in [6, 6.07) is 0. The maximum absolute atomic E-state index is 12.4. The zero-order chi connectivity index (χ0) is 14.3. The van der Waals surface area contributed by atoms with Gasteiger partial charge < -0.3 is 9.55 Å². The fourth-order valence-electron chi connectivity index (χ4n) is 2.31. The Balaban J connectivity index is 1.84. The molecule has 3 heterocycles. The van der Waals surface area contributed by atoms with E-state index in [9.17, 15) is 8.42 Å². The van der Waals surface area contributed by atoms with Gasteiger partial charge in [0.15, 0.2) is 5.03 Å². The minimum atomic E-state index is -3.58. The fraction of sp³-hybridized carbons (Fsp3) is 0.545. The van der Waals surface area contributed by atoms with E-state index in [1.165, 1.54) is 17.5 Å². The molecule has 2 aromatic rings. The zero-order valence-corrected chi connectivity index (χ0v) is 12.2. The van der Waals surface area contributed by atoms with Gasteiger partial charge in [-0.2, -0.15) is 4.31 Å². The summed E-state index contributed by atoms with van der Waals surface area (Å²) in [5.74, 6) is 2.18. The number of aromatic amines is 1. The van der Waals surface area contributed by atoms with E-state index in [1.807, 2.05) is 4.57 Å². The highest BCUT2D eigenvalue weighted by molar-refractivity contribution is 7.89. The highest BCUT2D eigenvalue weighted by Crippen LogP contribution is 2.18. The Hall–Kier alpha value is -1.74. The van der Waals surface area contributed by atoms with E-state index in [2.05, 4.69) is 20.2 Å². The summed E-state index contributed by atoms with van der Waals surface area (Å²) in [7, 11) is -2.05. The molecule has 8 nitrogen and oxygen atoms in total. The summed E-state index contributed by atoms with van der Waals surface area (Å²) in [6.45, 7) is 2.77. The number of sulfonamides is 1. The number of nitrogens with zero attached hydrogens (tertiary/aromatic N) is 5. The number of imidazole rings is 1. The first-order valence-electron chi connectivity index (χ1n) is 6.37. The average molecular weight is 296 g/mol. The average Bonchev–Trinajstić information content (AvgIpc) is 3.07. The predicted octanol–water partition coefficient (Wildman–Crippen LogP) is 0.0765. The quantitative estimate of drug-likeness (QED) is 0.861.